The number of carbonyl (C=O) groups excluding carboxylic acids is 2. The number of nitrogens with zero attached hydrogens (tertiary/aromatic N) is 1. The Morgan fingerprint density at radius 2 is 2.03 bits per heavy atom. The van der Waals surface area contributed by atoms with E-state index in [0.29, 0.717) is 29.3 Å². The summed E-state index contributed by atoms with van der Waals surface area (Å²) >= 11 is 0. The molecule has 0 aliphatic heterocycles. The van der Waals surface area contributed by atoms with Crippen molar-refractivity contribution in [2.45, 2.75) is 53.1 Å². The second kappa shape index (κ2) is 7.36. The number of H-pyrrole nitrogens is 1. The summed E-state index contributed by atoms with van der Waals surface area (Å²) in [4.78, 5) is 30.5. The van der Waals surface area contributed by atoms with Gasteiger partial charge < -0.3 is 15.5 Å². The van der Waals surface area contributed by atoms with Crippen LogP contribution in [0.15, 0.2) is 12.1 Å². The highest BCUT2D eigenvalue weighted by Crippen LogP contribution is 2.40. The molecule has 152 valence electrons. The number of primary amides is 1. The predicted molar refractivity (Wildman–Crippen MR) is 110 cm³/mol. The van der Waals surface area contributed by atoms with Gasteiger partial charge in [-0.3, -0.25) is 4.79 Å². The number of ether oxygens (including phenoxy) is 1. The van der Waals surface area contributed by atoms with Crippen LogP contribution in [0, 0.1) is 31.7 Å². The number of halogens is 1. The number of fused-ring (bicyclic) bond motifs is 1. The van der Waals surface area contributed by atoms with Gasteiger partial charge in [0.05, 0.1) is 15.9 Å². The standard InChI is InChI=1S/C22H24FN3O3/c1-11-12(2)26-19-15(20(24)27)9-16(23)18(17(11)19)14-7-6-13(8-14)10-25-21(28)29-22(3,4)5/h7,9,13H,6,8H2,1-5H3,(H2-,24,26,27)/p+1. The Bertz CT molecular complexity index is 1110. The average molecular weight is 398 g/mol. The maximum absolute atomic E-state index is 15.0. The molecule has 0 saturated heterocycles. The third-order valence-electron chi connectivity index (χ3n) is 4.96. The van der Waals surface area contributed by atoms with E-state index < -0.39 is 23.4 Å². The summed E-state index contributed by atoms with van der Waals surface area (Å²) < 4.78 is 20.2. The Morgan fingerprint density at radius 3 is 2.66 bits per heavy atom. The first-order valence-electron chi connectivity index (χ1n) is 9.47. The first-order chi connectivity index (χ1) is 13.5. The number of hydrogen-bond acceptors (Lipinski definition) is 3. The van der Waals surface area contributed by atoms with Gasteiger partial charge in [-0.15, -0.1) is 0 Å². The Kier molecular flexibility index (Phi) is 5.22. The van der Waals surface area contributed by atoms with Gasteiger partial charge in [-0.2, -0.15) is 4.79 Å². The van der Waals surface area contributed by atoms with Crippen LogP contribution in [0.4, 0.5) is 9.18 Å². The van der Waals surface area contributed by atoms with Gasteiger partial charge in [0.25, 0.3) is 12.0 Å². The molecule has 6 nitrogen and oxygen atoms in total. The topological polar surface area (TPSA) is 89.5 Å². The smallest absolute Gasteiger partial charge is 0.392 e. The van der Waals surface area contributed by atoms with Crippen molar-refractivity contribution < 1.29 is 18.7 Å². The molecule has 0 radical (unpaired) electrons. The molecular formula is C22H25FN3O3+. The minimum atomic E-state index is -0.692. The Hall–Kier alpha value is -3.14. The van der Waals surface area contributed by atoms with Crippen LogP contribution in [-0.2, 0) is 4.74 Å². The lowest BCUT2D eigenvalue weighted by Crippen LogP contribution is -2.21. The van der Waals surface area contributed by atoms with E-state index >= 15 is 4.39 Å². The van der Waals surface area contributed by atoms with E-state index in [4.69, 9.17) is 10.5 Å². The van der Waals surface area contributed by atoms with Crippen molar-refractivity contribution in [3.05, 3.63) is 45.2 Å². The number of aromatic amines is 1. The summed E-state index contributed by atoms with van der Waals surface area (Å²) in [7, 11) is 0. The van der Waals surface area contributed by atoms with E-state index in [1.807, 2.05) is 19.9 Å². The lowest BCUT2D eigenvalue weighted by atomic mass is 9.94. The summed E-state index contributed by atoms with van der Waals surface area (Å²) in [6.07, 6.45) is 2.30. The third kappa shape index (κ3) is 4.16. The molecule has 0 bridgehead atoms. The number of aromatic nitrogens is 1. The monoisotopic (exact) mass is 398 g/mol. The molecule has 1 heterocycles. The van der Waals surface area contributed by atoms with E-state index in [1.54, 1.807) is 20.8 Å². The van der Waals surface area contributed by atoms with Crippen LogP contribution < -0.4 is 5.73 Å². The molecule has 3 rings (SSSR count). The van der Waals surface area contributed by atoms with Gasteiger partial charge in [0.2, 0.25) is 0 Å². The number of rotatable bonds is 2. The average Bonchev–Trinajstić information content (AvgIpc) is 3.17. The molecule has 1 aromatic heterocycles. The van der Waals surface area contributed by atoms with E-state index in [9.17, 15) is 9.59 Å². The molecule has 29 heavy (non-hydrogen) atoms. The van der Waals surface area contributed by atoms with Gasteiger partial charge in [0, 0.05) is 16.6 Å². The van der Waals surface area contributed by atoms with E-state index in [-0.39, 0.29) is 11.5 Å². The van der Waals surface area contributed by atoms with Gasteiger partial charge in [-0.25, -0.2) is 4.39 Å². The predicted octanol–water partition coefficient (Wildman–Crippen LogP) is 5.08. The zero-order chi connectivity index (χ0) is 21.5. The second-order valence-corrected chi connectivity index (χ2v) is 8.36. The highest BCUT2D eigenvalue weighted by Gasteiger charge is 2.29. The van der Waals surface area contributed by atoms with Crippen LogP contribution in [-0.4, -0.2) is 22.6 Å². The fourth-order valence-electron chi connectivity index (χ4n) is 3.58. The Balaban J connectivity index is 1.94. The third-order valence-corrected chi connectivity index (χ3v) is 4.96. The van der Waals surface area contributed by atoms with Gasteiger partial charge in [-0.05, 0) is 64.7 Å². The first-order valence-corrected chi connectivity index (χ1v) is 9.47. The van der Waals surface area contributed by atoms with Crippen molar-refractivity contribution in [1.82, 2.24) is 4.98 Å². The van der Waals surface area contributed by atoms with Crippen LogP contribution in [0.3, 0.4) is 0 Å². The van der Waals surface area contributed by atoms with Gasteiger partial charge >= 0.3 is 6.09 Å². The van der Waals surface area contributed by atoms with Crippen molar-refractivity contribution >= 4 is 28.5 Å². The Labute approximate surface area is 168 Å². The van der Waals surface area contributed by atoms with Gasteiger partial charge in [0.1, 0.15) is 17.3 Å². The van der Waals surface area contributed by atoms with Crippen molar-refractivity contribution in [1.29, 1.82) is 0 Å². The molecule has 2 aromatic rings. The van der Waals surface area contributed by atoms with Crippen LogP contribution >= 0.6 is 0 Å². The number of nitrogens with one attached hydrogen (secondary N) is 1. The molecule has 1 atom stereocenters. The molecule has 1 aliphatic carbocycles. The summed E-state index contributed by atoms with van der Waals surface area (Å²) in [5.74, 6) is -1.33. The summed E-state index contributed by atoms with van der Waals surface area (Å²) in [5, 5.41) is 0.660. The summed E-state index contributed by atoms with van der Waals surface area (Å²) in [6.45, 7) is 9.04. The highest BCUT2D eigenvalue weighted by atomic mass is 19.1. The Morgan fingerprint density at radius 1 is 1.34 bits per heavy atom. The SMILES string of the molecule is Cc1[nH]c2c(C(N)=O)cc(F)c(C3=CCC(C#[N+]C(=O)OC(C)(C)C)C3)c2c1C. The summed E-state index contributed by atoms with van der Waals surface area (Å²) in [5.41, 5.74) is 8.45. The lowest BCUT2D eigenvalue weighted by molar-refractivity contribution is 0.0664. The van der Waals surface area contributed by atoms with Crippen molar-refractivity contribution in [3.63, 3.8) is 0 Å². The van der Waals surface area contributed by atoms with Gasteiger partial charge in [-0.1, -0.05) is 6.08 Å². The van der Waals surface area contributed by atoms with Crippen LogP contribution in [0.1, 0.15) is 60.8 Å². The lowest BCUT2D eigenvalue weighted by Gasteiger charge is -2.12. The fourth-order valence-corrected chi connectivity index (χ4v) is 3.58. The molecule has 1 unspecified atom stereocenters. The van der Waals surface area contributed by atoms with Gasteiger partial charge in [0.15, 0.2) is 0 Å². The quantitative estimate of drug-likeness (QED) is 0.739. The molecule has 0 spiro atoms. The summed E-state index contributed by atoms with van der Waals surface area (Å²) in [6, 6.07) is 4.00. The van der Waals surface area contributed by atoms with Crippen molar-refractivity contribution in [2.75, 3.05) is 0 Å². The number of aryl methyl sites for hydroxylation is 2. The fraction of sp³-hybridized carbons (Fsp3) is 0.409. The zero-order valence-corrected chi connectivity index (χ0v) is 17.3. The number of hydrogen-bond donors (Lipinski definition) is 2. The molecule has 0 saturated carbocycles. The van der Waals surface area contributed by atoms with Crippen molar-refractivity contribution in [3.8, 4) is 6.07 Å². The number of carbonyl (C=O) groups is 2. The van der Waals surface area contributed by atoms with E-state index in [0.717, 1.165) is 16.8 Å². The number of allylic oxidation sites excluding steroid dienone is 2. The second-order valence-electron chi connectivity index (χ2n) is 8.36. The molecule has 3 N–H and O–H groups in total. The largest absolute Gasteiger partial charge is 0.728 e. The maximum atomic E-state index is 15.0. The molecule has 1 aromatic carbocycles. The van der Waals surface area contributed by atoms with Crippen LogP contribution in [0.2, 0.25) is 0 Å². The van der Waals surface area contributed by atoms with Crippen molar-refractivity contribution in [2.24, 2.45) is 11.7 Å². The molecule has 7 heteroatoms. The normalized spacial score (nSPS) is 16.3. The maximum Gasteiger partial charge on any atom is 0.728 e. The molecule has 0 fully saturated rings. The van der Waals surface area contributed by atoms with E-state index in [2.05, 4.69) is 15.9 Å². The number of nitrogens with two attached hydrogens (primary N) is 1. The molecule has 1 aliphatic rings. The minimum absolute atomic E-state index is 0.130. The molecular weight excluding hydrogens is 373 g/mol. The van der Waals surface area contributed by atoms with Crippen LogP contribution in [0.5, 0.6) is 0 Å². The zero-order valence-electron chi connectivity index (χ0n) is 17.3. The van der Waals surface area contributed by atoms with Crippen LogP contribution in [0.25, 0.3) is 21.3 Å². The van der Waals surface area contributed by atoms with E-state index in [1.165, 1.54) is 6.07 Å². The first kappa shape index (κ1) is 20.6. The number of amides is 2. The number of benzene rings is 1. The minimum Gasteiger partial charge on any atom is -0.392 e. The molecule has 2 amide bonds. The highest BCUT2D eigenvalue weighted by molar-refractivity contribution is 6.09.